The van der Waals surface area contributed by atoms with Crippen molar-refractivity contribution in [1.82, 2.24) is 9.97 Å². The summed E-state index contributed by atoms with van der Waals surface area (Å²) in [4.78, 5) is 16.6. The molecule has 8 heteroatoms. The number of ether oxygens (including phenoxy) is 1. The Labute approximate surface area is 112 Å². The summed E-state index contributed by atoms with van der Waals surface area (Å²) < 4.78 is 21.1. The summed E-state index contributed by atoms with van der Waals surface area (Å²) in [6, 6.07) is 0. The number of aliphatic hydroxyl groups excluding tert-OH is 1. The number of rotatable bonds is 5. The van der Waals surface area contributed by atoms with Crippen LogP contribution in [0.15, 0.2) is 18.6 Å². The number of hydrogen-bond donors (Lipinski definition) is 2. The first-order valence-electron chi connectivity index (χ1n) is 5.55. The van der Waals surface area contributed by atoms with Gasteiger partial charge in [-0.1, -0.05) is 7.43 Å². The summed E-state index contributed by atoms with van der Waals surface area (Å²) in [6.45, 7) is -0.103. The standard InChI is InChI=1S/C10H13N2O5P.CH4/c13-6-7-3-8(4-9(7)17-18(14)15)16-10-5-11-1-2-12-10;/h1-2,5,7-9,13H,3-4,6H2;1H4/p+1/t7-,8-,9+;/m1./s1. The summed E-state index contributed by atoms with van der Waals surface area (Å²) in [5.74, 6) is 0.200. The van der Waals surface area contributed by atoms with Gasteiger partial charge < -0.3 is 9.84 Å². The molecule has 1 heterocycles. The van der Waals surface area contributed by atoms with Gasteiger partial charge >= 0.3 is 8.25 Å². The van der Waals surface area contributed by atoms with Gasteiger partial charge in [0.1, 0.15) is 12.2 Å². The molecule has 0 radical (unpaired) electrons. The Balaban J connectivity index is 0.00000180. The molecule has 0 spiro atoms. The molecule has 19 heavy (non-hydrogen) atoms. The minimum atomic E-state index is -2.67. The van der Waals surface area contributed by atoms with Crippen molar-refractivity contribution in [3.63, 3.8) is 0 Å². The molecule has 1 saturated carbocycles. The van der Waals surface area contributed by atoms with E-state index in [1.807, 2.05) is 0 Å². The van der Waals surface area contributed by atoms with Gasteiger partial charge in [-0.05, 0) is 6.42 Å². The van der Waals surface area contributed by atoms with E-state index in [0.717, 1.165) is 0 Å². The van der Waals surface area contributed by atoms with E-state index in [4.69, 9.17) is 14.2 Å². The van der Waals surface area contributed by atoms with E-state index in [1.54, 1.807) is 6.20 Å². The zero-order valence-electron chi connectivity index (χ0n) is 9.55. The van der Waals surface area contributed by atoms with Gasteiger partial charge in [-0.2, -0.15) is 0 Å². The Morgan fingerprint density at radius 1 is 1.42 bits per heavy atom. The molecule has 106 valence electrons. The van der Waals surface area contributed by atoms with Crippen LogP contribution in [0.25, 0.3) is 0 Å². The molecule has 4 atom stereocenters. The lowest BCUT2D eigenvalue weighted by Gasteiger charge is -2.11. The third-order valence-corrected chi connectivity index (χ3v) is 3.32. The predicted molar refractivity (Wildman–Crippen MR) is 67.7 cm³/mol. The normalized spacial score (nSPS) is 26.6. The van der Waals surface area contributed by atoms with Gasteiger partial charge in [0.25, 0.3) is 0 Å². The van der Waals surface area contributed by atoms with Crippen LogP contribution in [0.2, 0.25) is 0 Å². The summed E-state index contributed by atoms with van der Waals surface area (Å²) in [5.41, 5.74) is 0. The molecule has 0 aromatic carbocycles. The molecule has 0 bridgehead atoms. The van der Waals surface area contributed by atoms with Gasteiger partial charge in [-0.25, -0.2) is 4.98 Å². The van der Waals surface area contributed by atoms with Crippen molar-refractivity contribution < 1.29 is 23.8 Å². The molecule has 7 nitrogen and oxygen atoms in total. The van der Waals surface area contributed by atoms with Crippen molar-refractivity contribution >= 4 is 8.25 Å². The third-order valence-electron chi connectivity index (χ3n) is 2.87. The summed E-state index contributed by atoms with van der Waals surface area (Å²) >= 11 is 0. The molecule has 2 rings (SSSR count). The molecule has 1 aromatic rings. The molecule has 1 aliphatic rings. The molecule has 1 unspecified atom stereocenters. The van der Waals surface area contributed by atoms with Crippen LogP contribution in [0.1, 0.15) is 20.3 Å². The highest BCUT2D eigenvalue weighted by molar-refractivity contribution is 7.32. The predicted octanol–water partition coefficient (Wildman–Crippen LogP) is 1.30. The SMILES string of the molecule is C.O=[P+](O)O[C@H]1C[C@H](Oc2cnccn2)C[C@@H]1CO. The van der Waals surface area contributed by atoms with Crippen LogP contribution < -0.4 is 4.74 Å². The van der Waals surface area contributed by atoms with E-state index in [1.165, 1.54) is 12.4 Å². The molecule has 0 aliphatic heterocycles. The first kappa shape index (κ1) is 15.9. The lowest BCUT2D eigenvalue weighted by atomic mass is 10.1. The van der Waals surface area contributed by atoms with Crippen LogP contribution in [0.5, 0.6) is 5.88 Å². The van der Waals surface area contributed by atoms with E-state index < -0.39 is 14.4 Å². The van der Waals surface area contributed by atoms with E-state index in [-0.39, 0.29) is 26.1 Å². The maximum atomic E-state index is 10.7. The largest absolute Gasteiger partial charge is 0.695 e. The Kier molecular flexibility index (Phi) is 6.24. The first-order chi connectivity index (χ1) is 8.69. The van der Waals surface area contributed by atoms with Crippen LogP contribution in [-0.4, -0.2) is 38.8 Å². The Morgan fingerprint density at radius 2 is 2.21 bits per heavy atom. The second kappa shape index (κ2) is 7.45. The number of nitrogens with zero attached hydrogens (tertiary/aromatic N) is 2. The van der Waals surface area contributed by atoms with Gasteiger partial charge in [0.05, 0.1) is 6.20 Å². The first-order valence-corrected chi connectivity index (χ1v) is 6.68. The second-order valence-corrected chi connectivity index (χ2v) is 4.77. The van der Waals surface area contributed by atoms with E-state index >= 15 is 0 Å². The molecule has 1 fully saturated rings. The minimum absolute atomic E-state index is 0. The maximum absolute atomic E-state index is 10.7. The van der Waals surface area contributed by atoms with Gasteiger partial charge in [0.2, 0.25) is 5.88 Å². The monoisotopic (exact) mass is 289 g/mol. The van der Waals surface area contributed by atoms with Crippen molar-refractivity contribution in [3.8, 4) is 5.88 Å². The average molecular weight is 289 g/mol. The van der Waals surface area contributed by atoms with Gasteiger partial charge in [-0.15, -0.1) is 9.42 Å². The van der Waals surface area contributed by atoms with Crippen molar-refractivity contribution in [1.29, 1.82) is 0 Å². The molecule has 1 aromatic heterocycles. The zero-order chi connectivity index (χ0) is 13.0. The highest BCUT2D eigenvalue weighted by Gasteiger charge is 2.41. The summed E-state index contributed by atoms with van der Waals surface area (Å²) in [7, 11) is -2.67. The molecule has 0 saturated heterocycles. The van der Waals surface area contributed by atoms with E-state index in [2.05, 4.69) is 9.97 Å². The van der Waals surface area contributed by atoms with Crippen molar-refractivity contribution in [3.05, 3.63) is 18.6 Å². The smallest absolute Gasteiger partial charge is 0.473 e. The molecule has 1 aliphatic carbocycles. The molecule has 0 amide bonds. The van der Waals surface area contributed by atoms with Crippen LogP contribution >= 0.6 is 8.25 Å². The topological polar surface area (TPSA) is 102 Å². The highest BCUT2D eigenvalue weighted by Crippen LogP contribution is 2.35. The Bertz CT molecular complexity index is 405. The van der Waals surface area contributed by atoms with Crippen molar-refractivity contribution in [2.75, 3.05) is 6.61 Å². The lowest BCUT2D eigenvalue weighted by Crippen LogP contribution is -2.18. The van der Waals surface area contributed by atoms with Gasteiger partial charge in [0.15, 0.2) is 0 Å². The number of hydrogen-bond acceptors (Lipinski definition) is 6. The van der Waals surface area contributed by atoms with Crippen LogP contribution in [0.3, 0.4) is 0 Å². The quantitative estimate of drug-likeness (QED) is 0.787. The van der Waals surface area contributed by atoms with Gasteiger partial charge in [-0.3, -0.25) is 4.98 Å². The average Bonchev–Trinajstić information content (AvgIpc) is 2.71. The van der Waals surface area contributed by atoms with Crippen LogP contribution in [0, 0.1) is 5.92 Å². The fourth-order valence-corrected chi connectivity index (χ4v) is 2.58. The fraction of sp³-hybridized carbons (Fsp3) is 0.636. The maximum Gasteiger partial charge on any atom is 0.695 e. The van der Waals surface area contributed by atoms with Crippen LogP contribution in [-0.2, 0) is 9.09 Å². The van der Waals surface area contributed by atoms with Crippen LogP contribution in [0.4, 0.5) is 0 Å². The van der Waals surface area contributed by atoms with E-state index in [0.29, 0.717) is 18.7 Å². The summed E-state index contributed by atoms with van der Waals surface area (Å²) in [6.07, 6.45) is 4.90. The Hall–Kier alpha value is -1.14. The highest BCUT2D eigenvalue weighted by atomic mass is 31.1. The lowest BCUT2D eigenvalue weighted by molar-refractivity contribution is 0.105. The third kappa shape index (κ3) is 4.47. The van der Waals surface area contributed by atoms with Crippen molar-refractivity contribution in [2.24, 2.45) is 5.92 Å². The number of aliphatic hydroxyl groups is 1. The Morgan fingerprint density at radius 3 is 2.79 bits per heavy atom. The van der Waals surface area contributed by atoms with Crippen molar-refractivity contribution in [2.45, 2.75) is 32.5 Å². The molecular weight excluding hydrogens is 271 g/mol. The second-order valence-electron chi connectivity index (χ2n) is 4.08. The van der Waals surface area contributed by atoms with E-state index in [9.17, 15) is 9.67 Å². The molecule has 2 N–H and O–H groups in total. The molecular formula is C11H18N2O5P+. The minimum Gasteiger partial charge on any atom is -0.473 e. The zero-order valence-corrected chi connectivity index (χ0v) is 10.4. The van der Waals surface area contributed by atoms with Gasteiger partial charge in [0, 0.05) is 35.9 Å². The summed E-state index contributed by atoms with van der Waals surface area (Å²) in [5, 5.41) is 9.19. The fourth-order valence-electron chi connectivity index (χ4n) is 2.09. The number of aromatic nitrogens is 2.